The Bertz CT molecular complexity index is 2880. The highest BCUT2D eigenvalue weighted by molar-refractivity contribution is 7.25. The van der Waals surface area contributed by atoms with Crippen LogP contribution >= 0.6 is 11.3 Å². The Morgan fingerprint density at radius 3 is 1.96 bits per heavy atom. The van der Waals surface area contributed by atoms with Gasteiger partial charge >= 0.3 is 0 Å². The summed E-state index contributed by atoms with van der Waals surface area (Å²) in [7, 11) is 0. The van der Waals surface area contributed by atoms with Crippen molar-refractivity contribution >= 4 is 53.4 Å². The molecular formula is C44H26N4OS. The van der Waals surface area contributed by atoms with E-state index in [-0.39, 0.29) is 0 Å². The van der Waals surface area contributed by atoms with E-state index in [1.807, 2.05) is 72.8 Å². The number of hydrogen-bond acceptors (Lipinski definition) is 6. The van der Waals surface area contributed by atoms with Crippen LogP contribution in [0.2, 0.25) is 0 Å². The van der Waals surface area contributed by atoms with Crippen molar-refractivity contribution in [3.63, 3.8) is 0 Å². The summed E-state index contributed by atoms with van der Waals surface area (Å²) in [4.78, 5) is 20.2. The fourth-order valence-corrected chi connectivity index (χ4v) is 7.82. The first-order valence-electron chi connectivity index (χ1n) is 16.5. The molecule has 0 amide bonds. The van der Waals surface area contributed by atoms with Gasteiger partial charge in [-0.25, -0.2) is 19.9 Å². The molecule has 0 atom stereocenters. The molecule has 0 radical (unpaired) electrons. The number of oxazole rings is 1. The maximum atomic E-state index is 6.65. The molecule has 3 heterocycles. The van der Waals surface area contributed by atoms with Crippen LogP contribution in [0.5, 0.6) is 0 Å². The third kappa shape index (κ3) is 4.85. The Kier molecular flexibility index (Phi) is 6.60. The van der Waals surface area contributed by atoms with Gasteiger partial charge < -0.3 is 4.42 Å². The lowest BCUT2D eigenvalue weighted by atomic mass is 10.0. The Labute approximate surface area is 291 Å². The van der Waals surface area contributed by atoms with Gasteiger partial charge in [0.25, 0.3) is 0 Å². The summed E-state index contributed by atoms with van der Waals surface area (Å²) >= 11 is 1.80. The molecule has 3 aromatic heterocycles. The van der Waals surface area contributed by atoms with E-state index in [4.69, 9.17) is 24.4 Å². The molecule has 7 aromatic carbocycles. The molecule has 50 heavy (non-hydrogen) atoms. The summed E-state index contributed by atoms with van der Waals surface area (Å²) in [6, 6.07) is 54.0. The van der Waals surface area contributed by atoms with Crippen LogP contribution in [0.25, 0.3) is 98.8 Å². The minimum absolute atomic E-state index is 0.567. The van der Waals surface area contributed by atoms with Gasteiger partial charge in [-0.15, -0.1) is 11.3 Å². The average Bonchev–Trinajstić information content (AvgIpc) is 3.80. The van der Waals surface area contributed by atoms with E-state index < -0.39 is 0 Å². The number of fused-ring (bicyclic) bond motifs is 6. The largest absolute Gasteiger partial charge is 0.435 e. The number of rotatable bonds is 5. The summed E-state index contributed by atoms with van der Waals surface area (Å²) in [5.41, 5.74) is 7.36. The van der Waals surface area contributed by atoms with Crippen LogP contribution < -0.4 is 0 Å². The van der Waals surface area contributed by atoms with Gasteiger partial charge in [0.15, 0.2) is 23.1 Å². The van der Waals surface area contributed by atoms with E-state index in [2.05, 4.69) is 84.9 Å². The van der Waals surface area contributed by atoms with Crippen molar-refractivity contribution < 1.29 is 4.42 Å². The number of nitrogens with zero attached hydrogens (tertiary/aromatic N) is 4. The van der Waals surface area contributed by atoms with Gasteiger partial charge in [0.2, 0.25) is 5.89 Å². The molecule has 0 fully saturated rings. The fourth-order valence-electron chi connectivity index (χ4n) is 6.73. The molecule has 0 aliphatic heterocycles. The summed E-state index contributed by atoms with van der Waals surface area (Å²) in [5, 5.41) is 4.37. The maximum absolute atomic E-state index is 6.65. The van der Waals surface area contributed by atoms with Crippen molar-refractivity contribution in [1.29, 1.82) is 0 Å². The lowest BCUT2D eigenvalue weighted by Crippen LogP contribution is -2.00. The Morgan fingerprint density at radius 2 is 1.10 bits per heavy atom. The molecule has 0 bridgehead atoms. The van der Waals surface area contributed by atoms with E-state index in [0.29, 0.717) is 28.9 Å². The first kappa shape index (κ1) is 28.5. The van der Waals surface area contributed by atoms with Gasteiger partial charge in [-0.1, -0.05) is 115 Å². The minimum atomic E-state index is 0.567. The monoisotopic (exact) mass is 658 g/mol. The molecule has 0 aliphatic carbocycles. The lowest BCUT2D eigenvalue weighted by Gasteiger charge is -2.10. The van der Waals surface area contributed by atoms with Gasteiger partial charge in [0.1, 0.15) is 5.52 Å². The lowest BCUT2D eigenvalue weighted by molar-refractivity contribution is 0.623. The van der Waals surface area contributed by atoms with Crippen molar-refractivity contribution in [2.24, 2.45) is 0 Å². The third-order valence-corrected chi connectivity index (χ3v) is 10.3. The standard InChI is InChI=1S/C44H26N4OS/c1-3-11-27(12-4-1)30-16-9-17-32(25-30)44-45-36-23-21-28-15-10-19-34(39(28)40(36)49-44)43-47-41(29-13-5-2-6-14-29)46-42(48-43)31-22-24-38-35(26-31)33-18-7-8-20-37(33)50-38/h1-26H. The smallest absolute Gasteiger partial charge is 0.227 e. The molecule has 0 spiro atoms. The molecule has 0 N–H and O–H groups in total. The second kappa shape index (κ2) is 11.6. The fraction of sp³-hybridized carbons (Fsp3) is 0. The molecular weight excluding hydrogens is 633 g/mol. The molecule has 5 nitrogen and oxygen atoms in total. The van der Waals surface area contributed by atoms with Crippen molar-refractivity contribution in [1.82, 2.24) is 19.9 Å². The summed E-state index contributed by atoms with van der Waals surface area (Å²) in [6.07, 6.45) is 0. The van der Waals surface area contributed by atoms with Crippen LogP contribution in [0.4, 0.5) is 0 Å². The molecule has 0 saturated heterocycles. The van der Waals surface area contributed by atoms with Crippen molar-refractivity contribution in [2.45, 2.75) is 0 Å². The van der Waals surface area contributed by atoms with Crippen LogP contribution in [-0.2, 0) is 0 Å². The molecule has 234 valence electrons. The van der Waals surface area contributed by atoms with Gasteiger partial charge in [-0.2, -0.15) is 0 Å². The zero-order valence-electron chi connectivity index (χ0n) is 26.6. The Hall–Kier alpha value is -6.50. The molecule has 0 aliphatic rings. The zero-order valence-corrected chi connectivity index (χ0v) is 27.4. The predicted molar refractivity (Wildman–Crippen MR) is 205 cm³/mol. The number of benzene rings is 7. The first-order valence-corrected chi connectivity index (χ1v) is 17.3. The minimum Gasteiger partial charge on any atom is -0.435 e. The summed E-state index contributed by atoms with van der Waals surface area (Å²) in [5.74, 6) is 2.37. The van der Waals surface area contributed by atoms with E-state index in [1.54, 1.807) is 11.3 Å². The first-order chi connectivity index (χ1) is 24.7. The van der Waals surface area contributed by atoms with E-state index in [0.717, 1.165) is 49.7 Å². The van der Waals surface area contributed by atoms with Gasteiger partial charge in [0.05, 0.1) is 0 Å². The molecule has 10 rings (SSSR count). The Balaban J connectivity index is 1.17. The van der Waals surface area contributed by atoms with Gasteiger partial charge in [0, 0.05) is 47.8 Å². The van der Waals surface area contributed by atoms with Crippen LogP contribution in [-0.4, -0.2) is 19.9 Å². The quantitative estimate of drug-likeness (QED) is 0.184. The van der Waals surface area contributed by atoms with Gasteiger partial charge in [-0.05, 0) is 59.0 Å². The number of hydrogen-bond donors (Lipinski definition) is 0. The van der Waals surface area contributed by atoms with Crippen LogP contribution in [0, 0.1) is 0 Å². The van der Waals surface area contributed by atoms with Crippen molar-refractivity contribution in [3.05, 3.63) is 158 Å². The number of thiophene rings is 1. The average molecular weight is 659 g/mol. The van der Waals surface area contributed by atoms with E-state index in [9.17, 15) is 0 Å². The van der Waals surface area contributed by atoms with E-state index >= 15 is 0 Å². The predicted octanol–water partition coefficient (Wildman–Crippen LogP) is 11.9. The van der Waals surface area contributed by atoms with Gasteiger partial charge in [-0.3, -0.25) is 0 Å². The zero-order chi connectivity index (χ0) is 33.0. The molecule has 0 saturated carbocycles. The topological polar surface area (TPSA) is 64.7 Å². The maximum Gasteiger partial charge on any atom is 0.227 e. The third-order valence-electron chi connectivity index (χ3n) is 9.16. The van der Waals surface area contributed by atoms with E-state index in [1.165, 1.54) is 20.2 Å². The Morgan fingerprint density at radius 1 is 0.420 bits per heavy atom. The highest BCUT2D eigenvalue weighted by atomic mass is 32.1. The van der Waals surface area contributed by atoms with Crippen LogP contribution in [0.15, 0.2) is 162 Å². The molecule has 0 unspecified atom stereocenters. The molecule has 6 heteroatoms. The highest BCUT2D eigenvalue weighted by Gasteiger charge is 2.19. The second-order valence-electron chi connectivity index (χ2n) is 12.3. The highest BCUT2D eigenvalue weighted by Crippen LogP contribution is 2.39. The van der Waals surface area contributed by atoms with Crippen molar-refractivity contribution in [3.8, 4) is 56.7 Å². The number of aromatic nitrogens is 4. The van der Waals surface area contributed by atoms with Crippen LogP contribution in [0.1, 0.15) is 0 Å². The SMILES string of the molecule is c1ccc(-c2cccc(-c3nc4ccc5cccc(-c6nc(-c7ccccc7)nc(-c7ccc8sc9ccccc9c8c7)n6)c5c4o3)c2)cc1. The molecule has 10 aromatic rings. The normalized spacial score (nSPS) is 11.6. The second-order valence-corrected chi connectivity index (χ2v) is 13.3. The summed E-state index contributed by atoms with van der Waals surface area (Å²) < 4.78 is 9.15. The summed E-state index contributed by atoms with van der Waals surface area (Å²) in [6.45, 7) is 0. The van der Waals surface area contributed by atoms with Crippen molar-refractivity contribution in [2.75, 3.05) is 0 Å². The van der Waals surface area contributed by atoms with Crippen LogP contribution in [0.3, 0.4) is 0 Å².